The molecule has 1 aliphatic carbocycles. The Labute approximate surface area is 280 Å². The van der Waals surface area contributed by atoms with Crippen molar-refractivity contribution >= 4 is 45.6 Å². The summed E-state index contributed by atoms with van der Waals surface area (Å²) in [6, 6.07) is 5.30. The highest BCUT2D eigenvalue weighted by Gasteiger charge is 2.39. The number of fused-ring (bicyclic) bond motifs is 2. The third-order valence-corrected chi connectivity index (χ3v) is 8.45. The highest BCUT2D eigenvalue weighted by Crippen LogP contribution is 2.38. The first-order valence-corrected chi connectivity index (χ1v) is 15.5. The summed E-state index contributed by atoms with van der Waals surface area (Å²) < 4.78 is 76.1. The Balaban J connectivity index is 0.000000745. The number of benzene rings is 1. The van der Waals surface area contributed by atoms with Crippen molar-refractivity contribution in [3.63, 3.8) is 0 Å². The molecule has 1 aromatic carbocycles. The largest absolute Gasteiger partial charge is 0.453 e. The number of carbonyl (C=O) groups excluding carboxylic acids is 2. The zero-order chi connectivity index (χ0) is 36.6. The van der Waals surface area contributed by atoms with Crippen LogP contribution in [-0.2, 0) is 17.0 Å². The average molecular weight is 712 g/mol. The molecule has 2 aliphatic rings. The predicted molar refractivity (Wildman–Crippen MR) is 168 cm³/mol. The highest BCUT2D eigenvalue weighted by atomic mass is 19.4. The molecule has 3 aromatic heterocycles. The van der Waals surface area contributed by atoms with Crippen LogP contribution in [0.1, 0.15) is 60.5 Å². The summed E-state index contributed by atoms with van der Waals surface area (Å²) in [6.07, 6.45) is -5.30. The Morgan fingerprint density at radius 2 is 1.74 bits per heavy atom. The van der Waals surface area contributed by atoms with Crippen molar-refractivity contribution in [2.45, 2.75) is 62.8 Å². The fourth-order valence-corrected chi connectivity index (χ4v) is 6.25. The molecule has 1 aliphatic heterocycles. The topological polar surface area (TPSA) is 184 Å². The fourth-order valence-electron chi connectivity index (χ4n) is 6.25. The SMILES string of the molecule is CNC(=O)OC.O=C(c1cc(Nc2cc3c(cn2)n(C(O)(O)O)c(=O)n3C2CCCC2)nc2c(C(F)(F)F)cccc12)N1CCCC(F)(F)C1. The molecule has 50 heavy (non-hydrogen) atoms. The summed E-state index contributed by atoms with van der Waals surface area (Å²) in [5, 5.41) is 34.5. The van der Waals surface area contributed by atoms with Gasteiger partial charge in [0.1, 0.15) is 11.6 Å². The standard InChI is InChI=1S/C28H27F5N6O5.C3H7NO2/c29-26(30)9-4-10-37(14-26)24(40)17-11-22(36-23-16(17)7-3-8-18(23)27(31,32)33)35-21-12-19-20(13-34-21)39(28(42,43)44)25(41)38(19)15-5-1-2-6-15;1-4-3(5)6-2/h3,7-8,11-13,15,42-44H,1-2,4-6,9-10,14H2,(H,34,35,36);1-2H3,(H,4,5). The van der Waals surface area contributed by atoms with Crippen molar-refractivity contribution in [2.75, 3.05) is 32.6 Å². The Hall–Kier alpha value is -4.88. The van der Waals surface area contributed by atoms with E-state index in [1.165, 1.54) is 30.9 Å². The van der Waals surface area contributed by atoms with Gasteiger partial charge >= 0.3 is 24.1 Å². The number of halogens is 5. The third-order valence-electron chi connectivity index (χ3n) is 8.45. The number of nitrogens with zero attached hydrogens (tertiary/aromatic N) is 5. The number of hydrogen-bond acceptors (Lipinski definition) is 10. The maximum atomic E-state index is 14.2. The van der Waals surface area contributed by atoms with E-state index in [0.29, 0.717) is 17.4 Å². The van der Waals surface area contributed by atoms with Crippen LogP contribution in [0.4, 0.5) is 38.4 Å². The molecule has 5 N–H and O–H groups in total. The van der Waals surface area contributed by atoms with Gasteiger partial charge in [-0.25, -0.2) is 32.9 Å². The van der Waals surface area contributed by atoms with Gasteiger partial charge in [0.05, 0.1) is 47.5 Å². The van der Waals surface area contributed by atoms with Crippen LogP contribution in [0.5, 0.6) is 0 Å². The van der Waals surface area contributed by atoms with E-state index in [-0.39, 0.29) is 52.6 Å². The monoisotopic (exact) mass is 711 g/mol. The molecular formula is C31H34F5N7O7. The number of ether oxygens (including phenoxy) is 1. The van der Waals surface area contributed by atoms with E-state index >= 15 is 0 Å². The van der Waals surface area contributed by atoms with Crippen LogP contribution >= 0.6 is 0 Å². The van der Waals surface area contributed by atoms with E-state index in [9.17, 15) is 51.7 Å². The van der Waals surface area contributed by atoms with Gasteiger partial charge < -0.3 is 35.6 Å². The summed E-state index contributed by atoms with van der Waals surface area (Å²) in [5.41, 5.74) is -2.90. The number of methoxy groups -OCH3 is 1. The fraction of sp³-hybridized carbons (Fsp3) is 0.452. The van der Waals surface area contributed by atoms with Gasteiger partial charge in [-0.1, -0.05) is 25.0 Å². The number of carbonyl (C=O) groups is 2. The lowest BCUT2D eigenvalue weighted by Crippen LogP contribution is -2.45. The second-order valence-corrected chi connectivity index (χ2v) is 11.9. The van der Waals surface area contributed by atoms with Crippen molar-refractivity contribution in [3.8, 4) is 0 Å². The first-order valence-electron chi connectivity index (χ1n) is 15.5. The summed E-state index contributed by atoms with van der Waals surface area (Å²) in [4.78, 5) is 45.6. The maximum Gasteiger partial charge on any atom is 0.418 e. The van der Waals surface area contributed by atoms with Crippen molar-refractivity contribution in [2.24, 2.45) is 0 Å². The smallest absolute Gasteiger partial charge is 0.418 e. The number of aromatic nitrogens is 4. The lowest BCUT2D eigenvalue weighted by atomic mass is 10.0. The molecule has 6 rings (SSSR count). The summed E-state index contributed by atoms with van der Waals surface area (Å²) in [6.45, 7) is -0.886. The number of piperidine rings is 1. The third kappa shape index (κ3) is 7.48. The Kier molecular flexibility index (Phi) is 10.0. The van der Waals surface area contributed by atoms with Gasteiger partial charge in [-0.3, -0.25) is 9.36 Å². The molecule has 2 amide bonds. The molecule has 4 aromatic rings. The van der Waals surface area contributed by atoms with Gasteiger partial charge in [0.25, 0.3) is 11.8 Å². The Morgan fingerprint density at radius 1 is 1.04 bits per heavy atom. The number of para-hydroxylation sites is 1. The van der Waals surface area contributed by atoms with Gasteiger partial charge in [-0.15, -0.1) is 0 Å². The minimum atomic E-state index is -4.85. The zero-order valence-electron chi connectivity index (χ0n) is 26.8. The van der Waals surface area contributed by atoms with Crippen molar-refractivity contribution in [3.05, 3.63) is 58.1 Å². The van der Waals surface area contributed by atoms with Crippen LogP contribution in [0.2, 0.25) is 0 Å². The number of likely N-dealkylation sites (tertiary alicyclic amines) is 1. The molecule has 0 spiro atoms. The molecule has 19 heteroatoms. The summed E-state index contributed by atoms with van der Waals surface area (Å²) >= 11 is 0. The Morgan fingerprint density at radius 3 is 2.32 bits per heavy atom. The van der Waals surface area contributed by atoms with Gasteiger partial charge in [0, 0.05) is 37.5 Å². The van der Waals surface area contributed by atoms with Gasteiger partial charge in [-0.2, -0.15) is 13.2 Å². The molecule has 2 fully saturated rings. The Bertz CT molecular complexity index is 1960. The molecule has 0 radical (unpaired) electrons. The van der Waals surface area contributed by atoms with Crippen LogP contribution in [0.25, 0.3) is 21.9 Å². The van der Waals surface area contributed by atoms with Crippen molar-refractivity contribution < 1.29 is 51.6 Å². The number of imidazole rings is 1. The van der Waals surface area contributed by atoms with Gasteiger partial charge in [0.2, 0.25) is 0 Å². The summed E-state index contributed by atoms with van der Waals surface area (Å²) in [7, 11) is 2.82. The van der Waals surface area contributed by atoms with E-state index in [1.54, 1.807) is 0 Å². The minimum absolute atomic E-state index is 0.00403. The number of aliphatic hydroxyl groups is 3. The quantitative estimate of drug-likeness (QED) is 0.150. The molecular weight excluding hydrogens is 677 g/mol. The molecule has 1 saturated heterocycles. The van der Waals surface area contributed by atoms with E-state index in [1.807, 2.05) is 0 Å². The van der Waals surface area contributed by atoms with Crippen molar-refractivity contribution in [1.29, 1.82) is 0 Å². The van der Waals surface area contributed by atoms with Crippen LogP contribution in [0.3, 0.4) is 0 Å². The van der Waals surface area contributed by atoms with E-state index in [2.05, 4.69) is 25.3 Å². The number of hydrogen-bond donors (Lipinski definition) is 5. The number of nitrogens with one attached hydrogen (secondary N) is 2. The molecule has 0 unspecified atom stereocenters. The maximum absolute atomic E-state index is 14.2. The zero-order valence-corrected chi connectivity index (χ0v) is 26.8. The van der Waals surface area contributed by atoms with E-state index in [4.69, 9.17) is 0 Å². The van der Waals surface area contributed by atoms with Crippen molar-refractivity contribution in [1.82, 2.24) is 29.3 Å². The first-order chi connectivity index (χ1) is 23.4. The number of rotatable bonds is 5. The number of amides is 2. The van der Waals surface area contributed by atoms with Gasteiger partial charge in [0.15, 0.2) is 0 Å². The molecule has 14 nitrogen and oxygen atoms in total. The highest BCUT2D eigenvalue weighted by molar-refractivity contribution is 6.08. The number of anilines is 2. The lowest BCUT2D eigenvalue weighted by molar-refractivity contribution is -0.374. The number of alkyl carbamates (subject to hydrolysis) is 1. The molecule has 4 heterocycles. The molecule has 270 valence electrons. The number of alkyl halides is 5. The second kappa shape index (κ2) is 13.8. The minimum Gasteiger partial charge on any atom is -0.453 e. The van der Waals surface area contributed by atoms with Crippen LogP contribution in [0, 0.1) is 0 Å². The normalized spacial score (nSPS) is 16.6. The van der Waals surface area contributed by atoms with Crippen LogP contribution in [0.15, 0.2) is 41.3 Å². The number of pyridine rings is 2. The van der Waals surface area contributed by atoms with Gasteiger partial charge in [-0.05, 0) is 31.4 Å². The van der Waals surface area contributed by atoms with Crippen LogP contribution in [-0.4, -0.2) is 84.5 Å². The van der Waals surface area contributed by atoms with Crippen LogP contribution < -0.4 is 16.3 Å². The van der Waals surface area contributed by atoms with E-state index < -0.39 is 59.9 Å². The molecule has 0 atom stereocenters. The predicted octanol–water partition coefficient (Wildman–Crippen LogP) is 4.01. The second-order valence-electron chi connectivity index (χ2n) is 11.9. The first kappa shape index (κ1) is 36.4. The lowest BCUT2D eigenvalue weighted by Gasteiger charge is -2.32. The summed E-state index contributed by atoms with van der Waals surface area (Å²) in [5.74, 6) is -4.34. The molecule has 0 bridgehead atoms. The average Bonchev–Trinajstić information content (AvgIpc) is 3.67. The van der Waals surface area contributed by atoms with E-state index in [0.717, 1.165) is 42.1 Å². The molecule has 1 saturated carbocycles.